The molecule has 1 unspecified atom stereocenters. The zero-order valence-corrected chi connectivity index (χ0v) is 23.6. The molecule has 0 saturated heterocycles. The Morgan fingerprint density at radius 2 is 1.54 bits per heavy atom. The number of nitrogens with two attached hydrogens (primary N) is 1. The first kappa shape index (κ1) is 28.1. The van der Waals surface area contributed by atoms with Gasteiger partial charge in [0.05, 0.1) is 11.2 Å². The van der Waals surface area contributed by atoms with Crippen molar-refractivity contribution in [2.75, 3.05) is 12.0 Å². The minimum absolute atomic E-state index is 0.224. The molecule has 0 radical (unpaired) electrons. The number of pyridine rings is 1. The number of phenols is 1. The van der Waals surface area contributed by atoms with E-state index in [9.17, 15) is 9.32 Å². The van der Waals surface area contributed by atoms with Crippen LogP contribution < -0.4 is 5.73 Å². The summed E-state index contributed by atoms with van der Waals surface area (Å²) in [4.78, 5) is 7.42. The molecule has 5 rings (SSSR count). The van der Waals surface area contributed by atoms with Gasteiger partial charge in [-0.3, -0.25) is 9.19 Å². The van der Waals surface area contributed by atoms with Gasteiger partial charge in [0, 0.05) is 37.9 Å². The standard InChI is InChI=1S/C20H16N2S.C9H12O2S.C2H6/c1-13-12-18(19(21)16-9-3-2-8-15(13)16)23-17-10-4-6-14-7-5-11-22-20(14)17;1-7-6-8(12(2,3)11)4-5-9(7)10;1-2/h2-12H,21H2,1H3;4-6,10H,2H2,1,3H3;1-2H3. The van der Waals surface area contributed by atoms with Crippen molar-refractivity contribution in [1.82, 2.24) is 4.98 Å². The maximum Gasteiger partial charge on any atom is 0.118 e. The molecule has 192 valence electrons. The van der Waals surface area contributed by atoms with E-state index >= 15 is 0 Å². The number of aromatic nitrogens is 1. The van der Waals surface area contributed by atoms with E-state index in [1.165, 1.54) is 10.9 Å². The van der Waals surface area contributed by atoms with Gasteiger partial charge in [-0.15, -0.1) is 0 Å². The number of benzene rings is 4. The highest BCUT2D eigenvalue weighted by Crippen LogP contribution is 2.39. The maximum absolute atomic E-state index is 11.5. The Bertz CT molecular complexity index is 1640. The smallest absolute Gasteiger partial charge is 0.118 e. The van der Waals surface area contributed by atoms with Crippen molar-refractivity contribution < 1.29 is 9.32 Å². The molecule has 0 spiro atoms. The summed E-state index contributed by atoms with van der Waals surface area (Å²) in [5, 5.41) is 12.7. The summed E-state index contributed by atoms with van der Waals surface area (Å²) in [6.45, 7) is 7.90. The number of para-hydroxylation sites is 1. The van der Waals surface area contributed by atoms with Crippen molar-refractivity contribution in [2.45, 2.75) is 42.4 Å². The fraction of sp³-hybridized carbons (Fsp3) is 0.161. The minimum atomic E-state index is -2.15. The lowest BCUT2D eigenvalue weighted by Crippen LogP contribution is -1.96. The molecule has 37 heavy (non-hydrogen) atoms. The predicted octanol–water partition coefficient (Wildman–Crippen LogP) is 7.86. The van der Waals surface area contributed by atoms with Crippen molar-refractivity contribution >= 4 is 54.5 Å². The predicted molar refractivity (Wildman–Crippen MR) is 163 cm³/mol. The average molecular weight is 531 g/mol. The van der Waals surface area contributed by atoms with Crippen LogP contribution in [0.25, 0.3) is 21.7 Å². The summed E-state index contributed by atoms with van der Waals surface area (Å²) in [6, 6.07) is 25.6. The summed E-state index contributed by atoms with van der Waals surface area (Å²) in [6.07, 6.45) is 3.42. The van der Waals surface area contributed by atoms with E-state index in [1.54, 1.807) is 43.1 Å². The van der Waals surface area contributed by atoms with Crippen LogP contribution in [0.15, 0.2) is 99.7 Å². The molecule has 1 heterocycles. The van der Waals surface area contributed by atoms with E-state index in [-0.39, 0.29) is 5.75 Å². The van der Waals surface area contributed by atoms with Gasteiger partial charge in [0.15, 0.2) is 0 Å². The zero-order valence-electron chi connectivity index (χ0n) is 22.0. The van der Waals surface area contributed by atoms with Gasteiger partial charge < -0.3 is 10.8 Å². The van der Waals surface area contributed by atoms with Gasteiger partial charge in [0.25, 0.3) is 0 Å². The third-order valence-corrected chi connectivity index (χ3v) is 8.10. The van der Waals surface area contributed by atoms with Crippen LogP contribution in [0.1, 0.15) is 25.0 Å². The normalized spacial score (nSPS) is 12.1. The molecule has 0 fully saturated rings. The topological polar surface area (TPSA) is 76.2 Å². The second kappa shape index (κ2) is 12.2. The second-order valence-corrected chi connectivity index (χ2v) is 12.1. The van der Waals surface area contributed by atoms with E-state index in [1.807, 2.05) is 32.2 Å². The zero-order chi connectivity index (χ0) is 27.2. The van der Waals surface area contributed by atoms with Crippen LogP contribution in [0.3, 0.4) is 0 Å². The first-order valence-electron chi connectivity index (χ1n) is 12.1. The molecular weight excluding hydrogens is 496 g/mol. The molecule has 0 aliphatic rings. The van der Waals surface area contributed by atoms with Gasteiger partial charge in [-0.2, -0.15) is 0 Å². The maximum atomic E-state index is 11.5. The quantitative estimate of drug-likeness (QED) is 0.183. The number of hydrogen-bond acceptors (Lipinski definition) is 5. The van der Waals surface area contributed by atoms with Crippen LogP contribution in [-0.2, 0) is 9.52 Å². The molecule has 0 aliphatic heterocycles. The van der Waals surface area contributed by atoms with Crippen molar-refractivity contribution in [3.05, 3.63) is 96.2 Å². The van der Waals surface area contributed by atoms with E-state index in [2.05, 4.69) is 66.3 Å². The Kier molecular flexibility index (Phi) is 9.24. The average Bonchev–Trinajstić information content (AvgIpc) is 2.90. The van der Waals surface area contributed by atoms with Crippen LogP contribution in [0.5, 0.6) is 5.75 Å². The molecule has 0 saturated carbocycles. The number of nitrogens with zero attached hydrogens (tertiary/aromatic N) is 1. The van der Waals surface area contributed by atoms with Gasteiger partial charge in [-0.05, 0) is 82.2 Å². The fourth-order valence-electron chi connectivity index (χ4n) is 3.80. The van der Waals surface area contributed by atoms with Crippen molar-refractivity contribution in [3.63, 3.8) is 0 Å². The van der Waals surface area contributed by atoms with Gasteiger partial charge in [-0.25, -0.2) is 0 Å². The van der Waals surface area contributed by atoms with Crippen molar-refractivity contribution in [3.8, 4) is 5.75 Å². The SMILES string of the molecule is C=S(C)(=O)c1ccc(O)c(C)c1.CC.Cc1cc(Sc2cccc3cccnc23)c(N)c2ccccc12. The van der Waals surface area contributed by atoms with Crippen molar-refractivity contribution in [2.24, 2.45) is 0 Å². The van der Waals surface area contributed by atoms with Crippen LogP contribution in [0, 0.1) is 13.8 Å². The molecule has 4 aromatic carbocycles. The summed E-state index contributed by atoms with van der Waals surface area (Å²) < 4.78 is 11.5. The summed E-state index contributed by atoms with van der Waals surface area (Å²) >= 11 is 1.69. The summed E-state index contributed by atoms with van der Waals surface area (Å²) in [7, 11) is -2.15. The Labute approximate surface area is 224 Å². The van der Waals surface area contributed by atoms with Crippen LogP contribution in [0.4, 0.5) is 5.69 Å². The molecular formula is C31H34N2O2S2. The molecule has 0 aliphatic carbocycles. The second-order valence-electron chi connectivity index (χ2n) is 8.54. The minimum Gasteiger partial charge on any atom is -0.508 e. The van der Waals surface area contributed by atoms with Crippen LogP contribution in [0.2, 0.25) is 0 Å². The summed E-state index contributed by atoms with van der Waals surface area (Å²) in [5.41, 5.74) is 10.3. The third-order valence-electron chi connectivity index (χ3n) is 5.74. The Balaban J connectivity index is 0.000000231. The van der Waals surface area contributed by atoms with Crippen LogP contribution >= 0.6 is 11.8 Å². The monoisotopic (exact) mass is 530 g/mol. The number of aryl methyl sites for hydroxylation is 2. The number of rotatable bonds is 3. The lowest BCUT2D eigenvalue weighted by Gasteiger charge is -2.12. The Morgan fingerprint density at radius 1 is 0.865 bits per heavy atom. The number of aromatic hydroxyl groups is 1. The Morgan fingerprint density at radius 3 is 2.22 bits per heavy atom. The number of hydrogen-bond donors (Lipinski definition) is 2. The highest BCUT2D eigenvalue weighted by Gasteiger charge is 2.11. The molecule has 6 heteroatoms. The molecule has 3 N–H and O–H groups in total. The van der Waals surface area contributed by atoms with E-state index in [4.69, 9.17) is 5.73 Å². The third kappa shape index (κ3) is 6.64. The van der Waals surface area contributed by atoms with Gasteiger partial charge in [0.2, 0.25) is 0 Å². The lowest BCUT2D eigenvalue weighted by atomic mass is 10.0. The molecule has 5 aromatic rings. The molecule has 0 amide bonds. The molecule has 4 nitrogen and oxygen atoms in total. The molecule has 0 bridgehead atoms. The number of anilines is 1. The number of phenolic OH excluding ortho intramolecular Hbond substituents is 1. The first-order chi connectivity index (χ1) is 17.6. The number of nitrogen functional groups attached to an aromatic ring is 1. The largest absolute Gasteiger partial charge is 0.508 e. The molecule has 1 aromatic heterocycles. The van der Waals surface area contributed by atoms with Gasteiger partial charge in [0.1, 0.15) is 5.75 Å². The van der Waals surface area contributed by atoms with Crippen LogP contribution in [-0.4, -0.2) is 26.4 Å². The van der Waals surface area contributed by atoms with Crippen molar-refractivity contribution in [1.29, 1.82) is 0 Å². The number of fused-ring (bicyclic) bond motifs is 2. The highest BCUT2D eigenvalue weighted by molar-refractivity contribution is 8.00. The highest BCUT2D eigenvalue weighted by atomic mass is 32.2. The van der Waals surface area contributed by atoms with Gasteiger partial charge >= 0.3 is 0 Å². The first-order valence-corrected chi connectivity index (χ1v) is 15.0. The van der Waals surface area contributed by atoms with E-state index < -0.39 is 9.52 Å². The van der Waals surface area contributed by atoms with E-state index in [0.717, 1.165) is 37.3 Å². The van der Waals surface area contributed by atoms with E-state index in [0.29, 0.717) is 4.90 Å². The molecule has 1 atom stereocenters. The van der Waals surface area contributed by atoms with Gasteiger partial charge in [-0.1, -0.05) is 68.1 Å². The summed E-state index contributed by atoms with van der Waals surface area (Å²) in [5.74, 6) is 3.78. The fourth-order valence-corrected chi connectivity index (χ4v) is 5.69. The Hall–Kier alpha value is -3.48. The lowest BCUT2D eigenvalue weighted by molar-refractivity contribution is 0.470.